The van der Waals surface area contributed by atoms with Crippen molar-refractivity contribution >= 4 is 11.8 Å². The smallest absolute Gasteiger partial charge is 0.262 e. The quantitative estimate of drug-likeness (QED) is 0.780. The van der Waals surface area contributed by atoms with Crippen molar-refractivity contribution in [2.75, 3.05) is 13.1 Å². The molecule has 1 atom stereocenters. The van der Waals surface area contributed by atoms with E-state index in [2.05, 4.69) is 5.32 Å². The first-order chi connectivity index (χ1) is 8.94. The Kier molecular flexibility index (Phi) is 2.47. The number of fused-ring (bicyclic) bond motifs is 1. The van der Waals surface area contributed by atoms with Crippen LogP contribution in [0.3, 0.4) is 0 Å². The van der Waals surface area contributed by atoms with Gasteiger partial charge in [0, 0.05) is 6.54 Å². The summed E-state index contributed by atoms with van der Waals surface area (Å²) < 4.78 is 26.4. The number of benzene rings is 1. The molecule has 3 rings (SSSR count). The second-order valence-corrected chi connectivity index (χ2v) is 5.18. The summed E-state index contributed by atoms with van der Waals surface area (Å²) in [7, 11) is 0. The molecule has 0 aliphatic carbocycles. The van der Waals surface area contributed by atoms with Crippen LogP contribution in [-0.4, -0.2) is 35.3 Å². The lowest BCUT2D eigenvalue weighted by molar-refractivity contribution is 0.0482. The molecule has 6 heteroatoms. The Hall–Kier alpha value is -1.82. The molecule has 0 spiro atoms. The Balaban J connectivity index is 2.09. The van der Waals surface area contributed by atoms with Gasteiger partial charge in [-0.05, 0) is 32.0 Å². The highest BCUT2D eigenvalue weighted by molar-refractivity contribution is 6.21. The van der Waals surface area contributed by atoms with Crippen molar-refractivity contribution in [2.45, 2.75) is 18.9 Å². The maximum Gasteiger partial charge on any atom is 0.262 e. The van der Waals surface area contributed by atoms with Gasteiger partial charge in [-0.3, -0.25) is 14.5 Å². The summed E-state index contributed by atoms with van der Waals surface area (Å²) in [6.07, 6.45) is 0.628. The van der Waals surface area contributed by atoms with Crippen LogP contribution in [0.2, 0.25) is 0 Å². The molecule has 2 aliphatic rings. The fraction of sp³-hybridized carbons (Fsp3) is 0.385. The number of nitrogens with zero attached hydrogens (tertiary/aromatic N) is 1. The predicted molar refractivity (Wildman–Crippen MR) is 62.7 cm³/mol. The number of rotatable bonds is 1. The molecular weight excluding hydrogens is 254 g/mol. The Morgan fingerprint density at radius 1 is 1.16 bits per heavy atom. The second-order valence-electron chi connectivity index (χ2n) is 5.18. The summed E-state index contributed by atoms with van der Waals surface area (Å²) in [4.78, 5) is 25.6. The number of halogens is 2. The van der Waals surface area contributed by atoms with Gasteiger partial charge < -0.3 is 5.32 Å². The van der Waals surface area contributed by atoms with Gasteiger partial charge in [-0.15, -0.1) is 0 Å². The van der Waals surface area contributed by atoms with E-state index >= 15 is 0 Å². The molecule has 0 radical (unpaired) electrons. The summed E-state index contributed by atoms with van der Waals surface area (Å²) in [6, 6.07) is 1.60. The molecule has 100 valence electrons. The van der Waals surface area contributed by atoms with Crippen LogP contribution in [0.4, 0.5) is 8.78 Å². The van der Waals surface area contributed by atoms with Crippen LogP contribution in [0.15, 0.2) is 12.1 Å². The maximum atomic E-state index is 13.2. The highest BCUT2D eigenvalue weighted by Gasteiger charge is 2.48. The zero-order valence-corrected chi connectivity index (χ0v) is 10.3. The van der Waals surface area contributed by atoms with Gasteiger partial charge in [0.05, 0.1) is 16.7 Å². The van der Waals surface area contributed by atoms with Crippen LogP contribution in [0.5, 0.6) is 0 Å². The van der Waals surface area contributed by atoms with E-state index in [1.54, 1.807) is 6.92 Å². The molecule has 1 unspecified atom stereocenters. The molecule has 1 saturated heterocycles. The number of imide groups is 1. The van der Waals surface area contributed by atoms with Crippen LogP contribution in [-0.2, 0) is 0 Å². The van der Waals surface area contributed by atoms with Gasteiger partial charge >= 0.3 is 0 Å². The van der Waals surface area contributed by atoms with Crippen LogP contribution in [0.1, 0.15) is 34.1 Å². The third-order valence-electron chi connectivity index (χ3n) is 3.81. The second kappa shape index (κ2) is 3.84. The van der Waals surface area contributed by atoms with Crippen LogP contribution < -0.4 is 5.32 Å². The minimum absolute atomic E-state index is 0.0583. The summed E-state index contributed by atoms with van der Waals surface area (Å²) in [5.74, 6) is -3.33. The maximum absolute atomic E-state index is 13.2. The summed E-state index contributed by atoms with van der Waals surface area (Å²) in [6.45, 7) is 2.98. The Labute approximate surface area is 108 Å². The van der Waals surface area contributed by atoms with Crippen molar-refractivity contribution in [3.8, 4) is 0 Å². The van der Waals surface area contributed by atoms with E-state index in [-0.39, 0.29) is 11.1 Å². The number of amides is 2. The van der Waals surface area contributed by atoms with Crippen molar-refractivity contribution in [1.82, 2.24) is 10.2 Å². The van der Waals surface area contributed by atoms with Crippen LogP contribution in [0.25, 0.3) is 0 Å². The lowest BCUT2D eigenvalue weighted by Crippen LogP contribution is -2.51. The Bertz CT molecular complexity index is 554. The number of hydrogen-bond donors (Lipinski definition) is 1. The molecule has 1 aromatic rings. The molecule has 1 aromatic carbocycles. The Morgan fingerprint density at radius 3 is 2.11 bits per heavy atom. The van der Waals surface area contributed by atoms with Crippen LogP contribution >= 0.6 is 0 Å². The molecule has 2 aliphatic heterocycles. The SMILES string of the molecule is CC1(N2C(=O)c3cc(F)c(F)cc3C2=O)CCNC1. The fourth-order valence-corrected chi connectivity index (χ4v) is 2.72. The van der Waals surface area contributed by atoms with Gasteiger partial charge in [0.1, 0.15) is 0 Å². The van der Waals surface area contributed by atoms with Crippen molar-refractivity contribution in [3.05, 3.63) is 34.9 Å². The predicted octanol–water partition coefficient (Wildman–Crippen LogP) is 1.31. The molecule has 0 bridgehead atoms. The lowest BCUT2D eigenvalue weighted by Gasteiger charge is -2.32. The summed E-state index contributed by atoms with van der Waals surface area (Å²) in [5.41, 5.74) is -0.755. The first-order valence-corrected chi connectivity index (χ1v) is 6.03. The van der Waals surface area contributed by atoms with E-state index < -0.39 is 29.0 Å². The highest BCUT2D eigenvalue weighted by atomic mass is 19.2. The van der Waals surface area contributed by atoms with Gasteiger partial charge in [0.2, 0.25) is 0 Å². The number of nitrogens with one attached hydrogen (secondary N) is 1. The molecule has 0 aromatic heterocycles. The number of carbonyl (C=O) groups excluding carboxylic acids is 2. The molecule has 1 fully saturated rings. The van der Waals surface area contributed by atoms with Gasteiger partial charge in [0.15, 0.2) is 11.6 Å². The molecule has 2 heterocycles. The Morgan fingerprint density at radius 2 is 1.68 bits per heavy atom. The zero-order chi connectivity index (χ0) is 13.8. The molecule has 2 amide bonds. The molecular formula is C13H12F2N2O2. The third kappa shape index (κ3) is 1.59. The minimum Gasteiger partial charge on any atom is -0.314 e. The monoisotopic (exact) mass is 266 g/mol. The lowest BCUT2D eigenvalue weighted by atomic mass is 9.99. The average molecular weight is 266 g/mol. The standard InChI is InChI=1S/C13H12F2N2O2/c1-13(2-3-16-6-13)17-11(18)7-4-9(14)10(15)5-8(7)12(17)19/h4-5,16H,2-3,6H2,1H3. The van der Waals surface area contributed by atoms with Gasteiger partial charge in [0.25, 0.3) is 11.8 Å². The first kappa shape index (κ1) is 12.2. The molecule has 1 N–H and O–H groups in total. The van der Waals surface area contributed by atoms with Crippen molar-refractivity contribution < 1.29 is 18.4 Å². The number of hydrogen-bond acceptors (Lipinski definition) is 3. The summed E-state index contributed by atoms with van der Waals surface area (Å²) in [5, 5.41) is 3.09. The van der Waals surface area contributed by atoms with E-state index in [0.29, 0.717) is 19.5 Å². The molecule has 19 heavy (non-hydrogen) atoms. The largest absolute Gasteiger partial charge is 0.314 e. The fourth-order valence-electron chi connectivity index (χ4n) is 2.72. The zero-order valence-electron chi connectivity index (χ0n) is 10.3. The van der Waals surface area contributed by atoms with Crippen LogP contribution in [0, 0.1) is 11.6 Å². The number of carbonyl (C=O) groups is 2. The van der Waals surface area contributed by atoms with E-state index in [4.69, 9.17) is 0 Å². The normalized spacial score (nSPS) is 26.2. The van der Waals surface area contributed by atoms with Crippen molar-refractivity contribution in [2.24, 2.45) is 0 Å². The van der Waals surface area contributed by atoms with Gasteiger partial charge in [-0.1, -0.05) is 0 Å². The third-order valence-corrected chi connectivity index (χ3v) is 3.81. The summed E-state index contributed by atoms with van der Waals surface area (Å²) >= 11 is 0. The van der Waals surface area contributed by atoms with Gasteiger partial charge in [-0.25, -0.2) is 8.78 Å². The first-order valence-electron chi connectivity index (χ1n) is 6.03. The van der Waals surface area contributed by atoms with Gasteiger partial charge in [-0.2, -0.15) is 0 Å². The van der Waals surface area contributed by atoms with E-state index in [0.717, 1.165) is 17.0 Å². The van der Waals surface area contributed by atoms with E-state index in [1.165, 1.54) is 0 Å². The highest BCUT2D eigenvalue weighted by Crippen LogP contribution is 2.33. The molecule has 4 nitrogen and oxygen atoms in total. The van der Waals surface area contributed by atoms with E-state index in [1.807, 2.05) is 0 Å². The van der Waals surface area contributed by atoms with Crippen molar-refractivity contribution in [3.63, 3.8) is 0 Å². The van der Waals surface area contributed by atoms with Crippen molar-refractivity contribution in [1.29, 1.82) is 0 Å². The average Bonchev–Trinajstić information content (AvgIpc) is 2.87. The van der Waals surface area contributed by atoms with E-state index in [9.17, 15) is 18.4 Å². The topological polar surface area (TPSA) is 49.4 Å². The molecule has 0 saturated carbocycles. The minimum atomic E-state index is -1.11.